The molecule has 2 unspecified atom stereocenters. The highest BCUT2D eigenvalue weighted by Gasteiger charge is 2.32. The zero-order valence-corrected chi connectivity index (χ0v) is 28.5. The van der Waals surface area contributed by atoms with Gasteiger partial charge in [-0.1, -0.05) is 57.0 Å². The minimum absolute atomic E-state index is 0.00257. The van der Waals surface area contributed by atoms with Crippen LogP contribution in [0, 0.1) is 5.82 Å². The number of benzene rings is 3. The summed E-state index contributed by atoms with van der Waals surface area (Å²) in [5.41, 5.74) is 4.93. The van der Waals surface area contributed by atoms with Gasteiger partial charge in [-0.15, -0.1) is 0 Å². The van der Waals surface area contributed by atoms with Crippen LogP contribution >= 0.6 is 0 Å². The van der Waals surface area contributed by atoms with Crippen LogP contribution in [0.3, 0.4) is 0 Å². The fourth-order valence-corrected chi connectivity index (χ4v) is 6.33. The van der Waals surface area contributed by atoms with Crippen LogP contribution in [0.1, 0.15) is 90.2 Å². The second-order valence-corrected chi connectivity index (χ2v) is 12.4. The zero-order chi connectivity index (χ0) is 34.4. The first kappa shape index (κ1) is 34.8. The van der Waals surface area contributed by atoms with Crippen LogP contribution in [0.15, 0.2) is 66.7 Å². The average Bonchev–Trinajstić information content (AvgIpc) is 3.54. The lowest BCUT2D eigenvalue weighted by Gasteiger charge is -2.38. The van der Waals surface area contributed by atoms with Crippen molar-refractivity contribution < 1.29 is 23.8 Å². The number of aliphatic hydroxyl groups is 1. The number of ether oxygens (including phenoxy) is 1. The Bertz CT molecular complexity index is 1750. The maximum absolute atomic E-state index is 14.8. The number of aliphatic hydroxyl groups excluding tert-OH is 1. The quantitative estimate of drug-likeness (QED) is 0.170. The summed E-state index contributed by atoms with van der Waals surface area (Å²) in [6.07, 6.45) is 3.40. The van der Waals surface area contributed by atoms with Crippen molar-refractivity contribution in [2.75, 3.05) is 27.2 Å². The van der Waals surface area contributed by atoms with E-state index >= 15 is 0 Å². The first-order valence-corrected chi connectivity index (χ1v) is 16.8. The Balaban J connectivity index is 1.62. The summed E-state index contributed by atoms with van der Waals surface area (Å²) in [4.78, 5) is 30.0. The summed E-state index contributed by atoms with van der Waals surface area (Å²) < 4.78 is 22.1. The lowest BCUT2D eigenvalue weighted by molar-refractivity contribution is -0.0345. The average molecular weight is 656 g/mol. The zero-order valence-electron chi connectivity index (χ0n) is 28.5. The Morgan fingerprint density at radius 2 is 1.73 bits per heavy atom. The van der Waals surface area contributed by atoms with Gasteiger partial charge in [-0.3, -0.25) is 14.5 Å². The topological polar surface area (TPSA) is 99.9 Å². The normalized spacial score (nSPS) is 15.1. The Hall–Kier alpha value is -4.54. The predicted octanol–water partition coefficient (Wildman–Crippen LogP) is 6.53. The Labute approximate surface area is 282 Å². The summed E-state index contributed by atoms with van der Waals surface area (Å²) in [7, 11) is 3.02. The molecular weight excluding hydrogens is 609 g/mol. The monoisotopic (exact) mass is 655 g/mol. The molecule has 0 saturated carbocycles. The van der Waals surface area contributed by atoms with Gasteiger partial charge in [0.25, 0.3) is 11.8 Å². The highest BCUT2D eigenvalue weighted by atomic mass is 19.1. The summed E-state index contributed by atoms with van der Waals surface area (Å²) >= 11 is 0. The van der Waals surface area contributed by atoms with Crippen molar-refractivity contribution in [1.29, 1.82) is 0 Å². The lowest BCUT2D eigenvalue weighted by atomic mass is 9.93. The van der Waals surface area contributed by atoms with Crippen LogP contribution in [0.2, 0.25) is 0 Å². The molecule has 48 heavy (non-hydrogen) atoms. The van der Waals surface area contributed by atoms with Crippen LogP contribution in [0.4, 0.5) is 4.39 Å². The molecule has 1 aliphatic heterocycles. The Kier molecular flexibility index (Phi) is 11.3. The molecule has 2 heterocycles. The Morgan fingerprint density at radius 1 is 1.02 bits per heavy atom. The number of nitrogens with one attached hydrogen (secondary N) is 1. The summed E-state index contributed by atoms with van der Waals surface area (Å²) in [5.74, 6) is -0.782. The largest absolute Gasteiger partial charge is 0.481 e. The molecule has 4 aromatic rings. The van der Waals surface area contributed by atoms with Gasteiger partial charge in [0.1, 0.15) is 12.0 Å². The van der Waals surface area contributed by atoms with Gasteiger partial charge >= 0.3 is 0 Å². The molecule has 2 N–H and O–H groups in total. The predicted molar refractivity (Wildman–Crippen MR) is 185 cm³/mol. The van der Waals surface area contributed by atoms with E-state index in [0.717, 1.165) is 37.7 Å². The van der Waals surface area contributed by atoms with E-state index in [1.165, 1.54) is 31.9 Å². The second-order valence-electron chi connectivity index (χ2n) is 12.4. The molecule has 0 spiro atoms. The maximum atomic E-state index is 14.8. The molecule has 0 bridgehead atoms. The lowest BCUT2D eigenvalue weighted by Crippen LogP contribution is -2.41. The number of nitrogens with zero attached hydrogens (tertiary/aromatic N) is 4. The SMILES string of the molecule is CCCCN(CCCC)C(=O)c1cc(OC)n(-c2ccc(-c3cc(F)cc(C(=O)NC)c3)cc2C(O)N2Cc3ccccc3CC2C)n1. The van der Waals surface area contributed by atoms with E-state index in [0.29, 0.717) is 47.9 Å². The standard InChI is InChI=1S/C38H46FN5O4/c1-6-8-16-42(17-9-7-2)38(47)33-23-35(48-5)44(41-33)34-15-14-27(29-19-30(36(45)40-4)21-31(39)20-29)22-32(34)37(46)43-24-28-13-11-10-12-26(28)18-25(43)3/h10-15,19-23,25,37,46H,6-9,16-18,24H2,1-5H3,(H,40,45). The van der Waals surface area contributed by atoms with Crippen LogP contribution in [-0.2, 0) is 13.0 Å². The maximum Gasteiger partial charge on any atom is 0.274 e. The van der Waals surface area contributed by atoms with Crippen molar-refractivity contribution in [3.63, 3.8) is 0 Å². The minimum Gasteiger partial charge on any atom is -0.481 e. The molecule has 0 aliphatic carbocycles. The van der Waals surface area contributed by atoms with E-state index in [-0.39, 0.29) is 23.2 Å². The third kappa shape index (κ3) is 7.45. The molecule has 2 atom stereocenters. The number of hydrogen-bond acceptors (Lipinski definition) is 6. The fraction of sp³-hybridized carbons (Fsp3) is 0.395. The van der Waals surface area contributed by atoms with Gasteiger partial charge in [0.2, 0.25) is 5.88 Å². The molecule has 0 radical (unpaired) electrons. The highest BCUT2D eigenvalue weighted by Crippen LogP contribution is 2.36. The van der Waals surface area contributed by atoms with Crippen molar-refractivity contribution in [1.82, 2.24) is 24.9 Å². The fourth-order valence-electron chi connectivity index (χ4n) is 6.33. The molecule has 0 saturated heterocycles. The van der Waals surface area contributed by atoms with E-state index in [2.05, 4.69) is 38.2 Å². The van der Waals surface area contributed by atoms with E-state index in [9.17, 15) is 19.1 Å². The van der Waals surface area contributed by atoms with E-state index in [1.807, 2.05) is 21.9 Å². The van der Waals surface area contributed by atoms with Crippen molar-refractivity contribution >= 4 is 11.8 Å². The first-order chi connectivity index (χ1) is 23.2. The van der Waals surface area contributed by atoms with Crippen LogP contribution in [0.25, 0.3) is 16.8 Å². The number of carbonyl (C=O) groups is 2. The number of unbranched alkanes of at least 4 members (excludes halogenated alkanes) is 2. The van der Waals surface area contributed by atoms with Gasteiger partial charge in [0, 0.05) is 49.9 Å². The third-order valence-corrected chi connectivity index (χ3v) is 9.08. The number of rotatable bonds is 13. The number of methoxy groups -OCH3 is 1. The molecule has 5 rings (SSSR count). The van der Waals surface area contributed by atoms with Crippen molar-refractivity contribution in [2.45, 2.75) is 71.7 Å². The second kappa shape index (κ2) is 15.6. The highest BCUT2D eigenvalue weighted by molar-refractivity contribution is 5.95. The number of amides is 2. The number of hydrogen-bond donors (Lipinski definition) is 2. The van der Waals surface area contributed by atoms with E-state index in [4.69, 9.17) is 9.84 Å². The summed E-state index contributed by atoms with van der Waals surface area (Å²) in [6, 6.07) is 19.4. The van der Waals surface area contributed by atoms with Crippen LogP contribution in [0.5, 0.6) is 5.88 Å². The van der Waals surface area contributed by atoms with Gasteiger partial charge in [0.05, 0.1) is 12.8 Å². The smallest absolute Gasteiger partial charge is 0.274 e. The molecular formula is C38H46FN5O4. The van der Waals surface area contributed by atoms with Crippen molar-refractivity contribution in [3.05, 3.63) is 100 Å². The van der Waals surface area contributed by atoms with Crippen molar-refractivity contribution in [3.8, 4) is 22.7 Å². The summed E-state index contributed by atoms with van der Waals surface area (Å²) in [6.45, 7) is 8.08. The molecule has 10 heteroatoms. The van der Waals surface area contributed by atoms with E-state index in [1.54, 1.807) is 35.0 Å². The van der Waals surface area contributed by atoms with Crippen LogP contribution < -0.4 is 10.1 Å². The molecule has 0 fully saturated rings. The molecule has 2 amide bonds. The number of aromatic nitrogens is 2. The van der Waals surface area contributed by atoms with Gasteiger partial charge in [0.15, 0.2) is 5.69 Å². The number of halogens is 1. The van der Waals surface area contributed by atoms with Gasteiger partial charge < -0.3 is 20.1 Å². The molecule has 9 nitrogen and oxygen atoms in total. The van der Waals surface area contributed by atoms with Gasteiger partial charge in [-0.05, 0) is 78.8 Å². The molecule has 1 aliphatic rings. The van der Waals surface area contributed by atoms with Gasteiger partial charge in [-0.2, -0.15) is 9.78 Å². The Morgan fingerprint density at radius 3 is 2.40 bits per heavy atom. The van der Waals surface area contributed by atoms with Crippen molar-refractivity contribution in [2.24, 2.45) is 0 Å². The first-order valence-electron chi connectivity index (χ1n) is 16.8. The number of fused-ring (bicyclic) bond motifs is 1. The molecule has 3 aromatic carbocycles. The number of carbonyl (C=O) groups excluding carboxylic acids is 2. The van der Waals surface area contributed by atoms with Crippen LogP contribution in [-0.4, -0.2) is 69.8 Å². The molecule has 254 valence electrons. The van der Waals surface area contributed by atoms with Gasteiger partial charge in [-0.25, -0.2) is 4.39 Å². The summed E-state index contributed by atoms with van der Waals surface area (Å²) in [5, 5.41) is 19.5. The van der Waals surface area contributed by atoms with E-state index < -0.39 is 18.0 Å². The minimum atomic E-state index is -1.09. The molecule has 1 aromatic heterocycles. The third-order valence-electron chi connectivity index (χ3n) is 9.08.